The summed E-state index contributed by atoms with van der Waals surface area (Å²) in [7, 11) is 0. The molecule has 12 nitrogen and oxygen atoms in total. The van der Waals surface area contributed by atoms with Gasteiger partial charge in [0.25, 0.3) is 5.91 Å². The molecule has 4 rings (SSSR count). The molecule has 2 amide bonds. The van der Waals surface area contributed by atoms with Crippen molar-refractivity contribution in [2.45, 2.75) is 51.7 Å². The minimum absolute atomic E-state index is 0.0465. The van der Waals surface area contributed by atoms with Gasteiger partial charge in [0.2, 0.25) is 18.1 Å². The minimum Gasteiger partial charge on any atom is -0.459 e. The number of para-hydroxylation sites is 3. The zero-order valence-electron chi connectivity index (χ0n) is 27.1. The van der Waals surface area contributed by atoms with E-state index >= 15 is 0 Å². The maximum atomic E-state index is 13.4. The van der Waals surface area contributed by atoms with Crippen LogP contribution in [0.3, 0.4) is 0 Å². The zero-order valence-corrected chi connectivity index (χ0v) is 27.1. The van der Waals surface area contributed by atoms with Crippen molar-refractivity contribution in [1.82, 2.24) is 9.88 Å². The number of carbonyl (C=O) groups excluding carboxylic acids is 3. The molecule has 0 saturated carbocycles. The van der Waals surface area contributed by atoms with Crippen LogP contribution >= 0.6 is 0 Å². The number of amides is 2. The number of hydrogen-bond donors (Lipinski definition) is 4. The van der Waals surface area contributed by atoms with E-state index in [4.69, 9.17) is 29.8 Å². The molecule has 12 heteroatoms. The van der Waals surface area contributed by atoms with E-state index in [2.05, 4.69) is 10.6 Å². The fraction of sp³-hybridized carbons (Fsp3) is 0.457. The number of fused-ring (bicyclic) bond motifs is 1. The number of nitrogens with two attached hydrogens (primary N) is 1. The van der Waals surface area contributed by atoms with Crippen molar-refractivity contribution in [3.8, 4) is 0 Å². The van der Waals surface area contributed by atoms with Gasteiger partial charge >= 0.3 is 0 Å². The SMILES string of the molecule is CCO[C@H]1OC(C(=O)NCCCCC(=O)Nc2ccccc2N)=C[C@@H](c2cn(C(C)=O)c3ccccc23)[C@H]1CCOCCOCCO. The van der Waals surface area contributed by atoms with Crippen molar-refractivity contribution < 1.29 is 38.4 Å². The van der Waals surface area contributed by atoms with Gasteiger partial charge < -0.3 is 40.4 Å². The highest BCUT2D eigenvalue weighted by Crippen LogP contribution is 2.42. The van der Waals surface area contributed by atoms with Crippen LogP contribution in [-0.2, 0) is 28.5 Å². The van der Waals surface area contributed by atoms with Gasteiger partial charge in [-0.25, -0.2) is 0 Å². The third-order valence-electron chi connectivity index (χ3n) is 7.93. The lowest BCUT2D eigenvalue weighted by atomic mass is 9.81. The van der Waals surface area contributed by atoms with Crippen molar-refractivity contribution >= 4 is 40.0 Å². The molecule has 0 aliphatic carbocycles. The molecule has 2 heterocycles. The Kier molecular flexibility index (Phi) is 13.8. The van der Waals surface area contributed by atoms with Crippen molar-refractivity contribution in [2.75, 3.05) is 57.2 Å². The molecule has 0 saturated heterocycles. The second-order valence-electron chi connectivity index (χ2n) is 11.2. The lowest BCUT2D eigenvalue weighted by molar-refractivity contribution is -0.168. The maximum Gasteiger partial charge on any atom is 0.286 e. The van der Waals surface area contributed by atoms with Gasteiger partial charge in [0.1, 0.15) is 0 Å². The van der Waals surface area contributed by atoms with Gasteiger partial charge in [-0.2, -0.15) is 0 Å². The summed E-state index contributed by atoms with van der Waals surface area (Å²) in [5.74, 6) is -1.06. The molecule has 0 radical (unpaired) electrons. The molecule has 3 aromatic rings. The third kappa shape index (κ3) is 9.88. The molecule has 0 spiro atoms. The highest BCUT2D eigenvalue weighted by Gasteiger charge is 2.39. The average molecular weight is 651 g/mol. The number of aromatic nitrogens is 1. The lowest BCUT2D eigenvalue weighted by Gasteiger charge is -2.36. The smallest absolute Gasteiger partial charge is 0.286 e. The Morgan fingerprint density at radius 1 is 1.00 bits per heavy atom. The molecule has 0 bridgehead atoms. The number of benzene rings is 2. The Hall–Kier alpha value is -4.23. The van der Waals surface area contributed by atoms with Crippen LogP contribution in [0.1, 0.15) is 55.8 Å². The van der Waals surface area contributed by atoms with Crippen LogP contribution in [0.15, 0.2) is 66.6 Å². The van der Waals surface area contributed by atoms with E-state index in [1.807, 2.05) is 43.5 Å². The van der Waals surface area contributed by atoms with Crippen LogP contribution in [0, 0.1) is 5.92 Å². The summed E-state index contributed by atoms with van der Waals surface area (Å²) in [6.45, 7) is 5.43. The van der Waals surface area contributed by atoms with Crippen molar-refractivity contribution in [2.24, 2.45) is 5.92 Å². The Balaban J connectivity index is 1.46. The van der Waals surface area contributed by atoms with E-state index in [0.717, 1.165) is 16.5 Å². The molecule has 3 atom stereocenters. The monoisotopic (exact) mass is 650 g/mol. The van der Waals surface area contributed by atoms with Crippen LogP contribution in [0.2, 0.25) is 0 Å². The molecule has 0 unspecified atom stereocenters. The van der Waals surface area contributed by atoms with Crippen LogP contribution in [0.5, 0.6) is 0 Å². The van der Waals surface area contributed by atoms with Crippen molar-refractivity contribution in [1.29, 1.82) is 0 Å². The second kappa shape index (κ2) is 18.2. The van der Waals surface area contributed by atoms with Crippen molar-refractivity contribution in [3.05, 3.63) is 72.1 Å². The number of ether oxygens (including phenoxy) is 4. The molecule has 0 fully saturated rings. The van der Waals surface area contributed by atoms with E-state index in [-0.39, 0.29) is 55.0 Å². The van der Waals surface area contributed by atoms with Gasteiger partial charge in [-0.3, -0.25) is 19.0 Å². The van der Waals surface area contributed by atoms with E-state index in [9.17, 15) is 14.4 Å². The van der Waals surface area contributed by atoms with Gasteiger partial charge in [0.05, 0.1) is 43.3 Å². The Labute approximate surface area is 275 Å². The summed E-state index contributed by atoms with van der Waals surface area (Å²) in [5.41, 5.74) is 8.65. The fourth-order valence-electron chi connectivity index (χ4n) is 5.66. The van der Waals surface area contributed by atoms with E-state index in [1.165, 1.54) is 6.92 Å². The number of rotatable bonds is 18. The summed E-state index contributed by atoms with van der Waals surface area (Å²) in [6, 6.07) is 14.8. The lowest BCUT2D eigenvalue weighted by Crippen LogP contribution is -2.39. The molecular formula is C35H46N4O8. The maximum absolute atomic E-state index is 13.4. The molecule has 2 aromatic carbocycles. The zero-order chi connectivity index (χ0) is 33.6. The van der Waals surface area contributed by atoms with Crippen LogP contribution in [0.25, 0.3) is 10.9 Å². The van der Waals surface area contributed by atoms with Gasteiger partial charge in [0, 0.05) is 56.5 Å². The summed E-state index contributed by atoms with van der Waals surface area (Å²) < 4.78 is 25.0. The van der Waals surface area contributed by atoms with Crippen LogP contribution in [-0.4, -0.2) is 79.9 Å². The summed E-state index contributed by atoms with van der Waals surface area (Å²) >= 11 is 0. The normalized spacial score (nSPS) is 17.6. The number of aliphatic hydroxyl groups excluding tert-OH is 1. The highest BCUT2D eigenvalue weighted by atomic mass is 16.7. The Morgan fingerprint density at radius 3 is 2.49 bits per heavy atom. The van der Waals surface area contributed by atoms with E-state index in [0.29, 0.717) is 63.6 Å². The Morgan fingerprint density at radius 2 is 1.74 bits per heavy atom. The highest BCUT2D eigenvalue weighted by molar-refractivity contribution is 5.95. The molecule has 254 valence electrons. The number of anilines is 2. The number of nitrogens with zero attached hydrogens (tertiary/aromatic N) is 1. The predicted molar refractivity (Wildman–Crippen MR) is 179 cm³/mol. The standard InChI is InChI=1S/C35H46N4O8/c1-3-46-35-26(15-18-44-20-21-45-19-17-40)27(28-23-39(24(2)41)31-13-7-4-10-25(28)31)22-32(47-35)34(43)37-16-9-8-14-33(42)38-30-12-6-5-11-29(30)36/h4-7,10-13,22-23,26-27,35,40H,3,8-9,14-21,36H2,1-2H3,(H,37,43)(H,38,42)/t26-,27-,35+/m1/s1. The quantitative estimate of drug-likeness (QED) is 0.117. The first kappa shape index (κ1) is 35.6. The number of carbonyl (C=O) groups is 3. The number of nitrogen functional groups attached to an aromatic ring is 1. The summed E-state index contributed by atoms with van der Waals surface area (Å²) in [4.78, 5) is 38.3. The van der Waals surface area contributed by atoms with Gasteiger partial charge in [-0.15, -0.1) is 0 Å². The van der Waals surface area contributed by atoms with Gasteiger partial charge in [0.15, 0.2) is 5.76 Å². The Bertz CT molecular complexity index is 1520. The van der Waals surface area contributed by atoms with E-state index in [1.54, 1.807) is 28.8 Å². The third-order valence-corrected chi connectivity index (χ3v) is 7.93. The molecule has 1 aliphatic rings. The fourth-order valence-corrected chi connectivity index (χ4v) is 5.66. The first-order valence-corrected chi connectivity index (χ1v) is 16.1. The number of aliphatic hydroxyl groups is 1. The first-order valence-electron chi connectivity index (χ1n) is 16.1. The topological polar surface area (TPSA) is 163 Å². The van der Waals surface area contributed by atoms with E-state index < -0.39 is 6.29 Å². The number of nitrogens with one attached hydrogen (secondary N) is 2. The largest absolute Gasteiger partial charge is 0.459 e. The minimum atomic E-state index is -0.737. The van der Waals surface area contributed by atoms with Crippen molar-refractivity contribution in [3.63, 3.8) is 0 Å². The molecule has 1 aromatic heterocycles. The summed E-state index contributed by atoms with van der Waals surface area (Å²) in [6.07, 6.45) is 4.90. The number of allylic oxidation sites excluding steroid dienone is 1. The molecule has 5 N–H and O–H groups in total. The first-order chi connectivity index (χ1) is 22.8. The van der Waals surface area contributed by atoms with Crippen LogP contribution in [0.4, 0.5) is 11.4 Å². The average Bonchev–Trinajstić information content (AvgIpc) is 3.45. The second-order valence-corrected chi connectivity index (χ2v) is 11.2. The predicted octanol–water partition coefficient (Wildman–Crippen LogP) is 4.20. The molecular weight excluding hydrogens is 604 g/mol. The molecule has 47 heavy (non-hydrogen) atoms. The van der Waals surface area contributed by atoms with Crippen LogP contribution < -0.4 is 16.4 Å². The summed E-state index contributed by atoms with van der Waals surface area (Å²) in [5, 5.41) is 15.5. The van der Waals surface area contributed by atoms with Gasteiger partial charge in [-0.1, -0.05) is 30.3 Å². The number of unbranched alkanes of at least 4 members (excludes halogenated alkanes) is 1. The number of hydrogen-bond acceptors (Lipinski definition) is 9. The molecule has 1 aliphatic heterocycles. The van der Waals surface area contributed by atoms with Gasteiger partial charge in [-0.05, 0) is 56.0 Å².